The highest BCUT2D eigenvalue weighted by Crippen LogP contribution is 2.64. The molecule has 16 heteroatoms. The summed E-state index contributed by atoms with van der Waals surface area (Å²) in [4.78, 5) is 29.6. The number of rotatable bonds is 6. The van der Waals surface area contributed by atoms with Crippen molar-refractivity contribution in [3.8, 4) is 0 Å². The van der Waals surface area contributed by atoms with Gasteiger partial charge in [-0.3, -0.25) is 4.79 Å². The lowest BCUT2D eigenvalue weighted by Gasteiger charge is -2.44. The smallest absolute Gasteiger partial charge is 0.475 e. The molecule has 0 spiro atoms. The minimum Gasteiger partial charge on any atom is -0.475 e. The number of carboxylic acids is 1. The van der Waals surface area contributed by atoms with Gasteiger partial charge < -0.3 is 14.9 Å². The monoisotopic (exact) mass is 616 g/mol. The number of anilines is 1. The van der Waals surface area contributed by atoms with Crippen LogP contribution < -0.4 is 4.90 Å². The zero-order valence-corrected chi connectivity index (χ0v) is 23.9. The first kappa shape index (κ1) is 33.0. The number of nitrogens with zero attached hydrogens (tertiary/aromatic N) is 4. The molecule has 3 atom stereocenters. The second kappa shape index (κ2) is 11.3. The highest BCUT2D eigenvalue weighted by Gasteiger charge is 2.65. The molecule has 4 rings (SSSR count). The topological polar surface area (TPSA) is 111 Å². The van der Waals surface area contributed by atoms with Crippen LogP contribution in [-0.4, -0.2) is 97.7 Å². The van der Waals surface area contributed by atoms with Gasteiger partial charge in [0.2, 0.25) is 10.0 Å². The maximum absolute atomic E-state index is 13.7. The number of fused-ring (bicyclic) bond motifs is 2. The number of likely N-dealkylation sites (N-methyl/N-ethyl adjacent to an activating group) is 1. The van der Waals surface area contributed by atoms with Crippen LogP contribution in [0.15, 0.2) is 18.3 Å². The fourth-order valence-corrected chi connectivity index (χ4v) is 8.64. The largest absolute Gasteiger partial charge is 0.490 e. The van der Waals surface area contributed by atoms with E-state index in [1.165, 1.54) is 10.4 Å². The molecule has 1 aromatic heterocycles. The van der Waals surface area contributed by atoms with Crippen LogP contribution in [0.4, 0.5) is 32.2 Å². The van der Waals surface area contributed by atoms with Gasteiger partial charge in [-0.15, -0.1) is 0 Å². The van der Waals surface area contributed by atoms with Crippen molar-refractivity contribution in [3.05, 3.63) is 23.9 Å². The summed E-state index contributed by atoms with van der Waals surface area (Å²) in [6.07, 6.45) is -6.80. The van der Waals surface area contributed by atoms with Crippen molar-refractivity contribution in [2.75, 3.05) is 50.9 Å². The number of ketones is 1. The van der Waals surface area contributed by atoms with Crippen molar-refractivity contribution in [1.82, 2.24) is 14.2 Å². The number of aliphatic carboxylic acids is 1. The lowest BCUT2D eigenvalue weighted by Crippen LogP contribution is -2.60. The third-order valence-electron chi connectivity index (χ3n) is 8.57. The number of hydrogen-bond acceptors (Lipinski definition) is 7. The second-order valence-electron chi connectivity index (χ2n) is 11.6. The molecule has 1 N–H and O–H groups in total. The van der Waals surface area contributed by atoms with Crippen molar-refractivity contribution >= 4 is 27.6 Å². The molecule has 1 unspecified atom stereocenters. The number of piperazine rings is 1. The minimum absolute atomic E-state index is 0.0640. The van der Waals surface area contributed by atoms with E-state index in [0.717, 1.165) is 18.7 Å². The fraction of sp³-hybridized carbons (Fsp3) is 0.720. The molecule has 2 heterocycles. The van der Waals surface area contributed by atoms with E-state index in [0.29, 0.717) is 38.3 Å². The van der Waals surface area contributed by atoms with Crippen LogP contribution in [0.1, 0.15) is 38.7 Å². The van der Waals surface area contributed by atoms with E-state index in [9.17, 15) is 39.6 Å². The van der Waals surface area contributed by atoms with Crippen molar-refractivity contribution in [1.29, 1.82) is 0 Å². The van der Waals surface area contributed by atoms with Crippen molar-refractivity contribution in [2.45, 2.75) is 51.5 Å². The van der Waals surface area contributed by atoms with Crippen molar-refractivity contribution < 1.29 is 49.5 Å². The number of pyridine rings is 1. The van der Waals surface area contributed by atoms with Gasteiger partial charge in [-0.2, -0.15) is 30.6 Å². The lowest BCUT2D eigenvalue weighted by atomic mass is 9.70. The highest BCUT2D eigenvalue weighted by atomic mass is 32.2. The highest BCUT2D eigenvalue weighted by molar-refractivity contribution is 7.89. The SMILES string of the molecule is CN(C)CC1CN(c2ccc(C(F)(F)F)cn2)CCN1S(=O)(=O)C[C@]12CC[C@@H](CC1=O)C2(C)C.O=C(O)C(F)(F)F. The second-order valence-corrected chi connectivity index (χ2v) is 13.5. The average Bonchev–Trinajstić information content (AvgIpc) is 3.17. The van der Waals surface area contributed by atoms with Gasteiger partial charge in [-0.25, -0.2) is 18.2 Å². The fourth-order valence-electron chi connectivity index (χ4n) is 6.23. The number of sulfonamides is 1. The molecule has 0 aromatic carbocycles. The maximum atomic E-state index is 13.7. The van der Waals surface area contributed by atoms with Gasteiger partial charge in [0.05, 0.1) is 17.4 Å². The first-order chi connectivity index (χ1) is 18.6. The van der Waals surface area contributed by atoms with Crippen LogP contribution in [0.3, 0.4) is 0 Å². The molecule has 3 fully saturated rings. The van der Waals surface area contributed by atoms with Crippen LogP contribution >= 0.6 is 0 Å². The number of Topliss-reactive ketones (excluding diaryl/α,β-unsaturated/α-hetero) is 1. The van der Waals surface area contributed by atoms with Gasteiger partial charge in [0, 0.05) is 44.2 Å². The Balaban J connectivity index is 0.000000587. The third kappa shape index (κ3) is 6.79. The summed E-state index contributed by atoms with van der Waals surface area (Å²) in [6.45, 7) is 5.31. The molecule has 9 nitrogen and oxygen atoms in total. The van der Waals surface area contributed by atoms with Gasteiger partial charge >= 0.3 is 18.3 Å². The normalized spacial score (nSPS) is 26.7. The number of alkyl halides is 6. The Morgan fingerprint density at radius 1 is 1.15 bits per heavy atom. The number of carbonyl (C=O) groups is 2. The van der Waals surface area contributed by atoms with E-state index in [4.69, 9.17) is 9.90 Å². The number of hydrogen-bond donors (Lipinski definition) is 1. The first-order valence-electron chi connectivity index (χ1n) is 12.9. The lowest BCUT2D eigenvalue weighted by molar-refractivity contribution is -0.192. The quantitative estimate of drug-likeness (QED) is 0.484. The van der Waals surface area contributed by atoms with Crippen molar-refractivity contribution in [2.24, 2.45) is 16.7 Å². The molecule has 1 saturated heterocycles. The standard InChI is InChI=1S/C23H33F3N4O3S.C2HF3O2/c1-21(2)16-7-8-22(21,19(31)11-16)15-34(32,33)30-10-9-29(14-18(30)13-28(3)4)20-6-5-17(12-27-20)23(24,25)26;3-2(4,5)1(6)7/h5-6,12,16,18H,7-11,13-15H2,1-4H3;(H,6,7)/t16-,18?,22+;/m0./s1. The van der Waals surface area contributed by atoms with Gasteiger partial charge in [0.25, 0.3) is 0 Å². The predicted molar refractivity (Wildman–Crippen MR) is 137 cm³/mol. The van der Waals surface area contributed by atoms with Gasteiger partial charge in [0.1, 0.15) is 11.6 Å². The number of carbonyl (C=O) groups excluding carboxylic acids is 1. The molecular weight excluding hydrogens is 582 g/mol. The van der Waals surface area contributed by atoms with Crippen LogP contribution in [0.5, 0.6) is 0 Å². The zero-order chi connectivity index (χ0) is 31.2. The Hall–Kier alpha value is -2.46. The minimum atomic E-state index is -5.08. The molecule has 232 valence electrons. The summed E-state index contributed by atoms with van der Waals surface area (Å²) in [5.41, 5.74) is -2.01. The van der Waals surface area contributed by atoms with Crippen LogP contribution in [0.2, 0.25) is 0 Å². The summed E-state index contributed by atoms with van der Waals surface area (Å²) in [7, 11) is -0.0487. The molecule has 2 bridgehead atoms. The number of halogens is 6. The summed E-state index contributed by atoms with van der Waals surface area (Å²) >= 11 is 0. The molecule has 2 aliphatic carbocycles. The maximum Gasteiger partial charge on any atom is 0.490 e. The summed E-state index contributed by atoms with van der Waals surface area (Å²) < 4.78 is 99.5. The zero-order valence-electron chi connectivity index (χ0n) is 23.1. The molecular formula is C25H34F6N4O5S. The Kier molecular flexibility index (Phi) is 9.12. The van der Waals surface area contributed by atoms with Gasteiger partial charge in [0.15, 0.2) is 0 Å². The number of carboxylic acid groups (broad SMARTS) is 1. The van der Waals surface area contributed by atoms with E-state index in [1.54, 1.807) is 0 Å². The molecule has 3 aliphatic rings. The Bertz CT molecular complexity index is 1240. The van der Waals surface area contributed by atoms with Gasteiger partial charge in [-0.05, 0) is 50.4 Å². The van der Waals surface area contributed by atoms with Crippen LogP contribution in [0, 0.1) is 16.7 Å². The molecule has 2 saturated carbocycles. The van der Waals surface area contributed by atoms with Crippen molar-refractivity contribution in [3.63, 3.8) is 0 Å². The van der Waals surface area contributed by atoms with Crippen LogP contribution in [0.25, 0.3) is 0 Å². The Labute approximate surface area is 234 Å². The molecule has 0 amide bonds. The Morgan fingerprint density at radius 2 is 1.76 bits per heavy atom. The van der Waals surface area contributed by atoms with Crippen LogP contribution in [-0.2, 0) is 25.8 Å². The summed E-state index contributed by atoms with van der Waals surface area (Å²) in [5.74, 6) is -2.25. The molecule has 0 radical (unpaired) electrons. The number of aromatic nitrogens is 1. The average molecular weight is 617 g/mol. The summed E-state index contributed by atoms with van der Waals surface area (Å²) in [5, 5.41) is 7.12. The van der Waals surface area contributed by atoms with E-state index in [2.05, 4.69) is 4.98 Å². The van der Waals surface area contributed by atoms with E-state index >= 15 is 0 Å². The Morgan fingerprint density at radius 3 is 2.17 bits per heavy atom. The first-order valence-corrected chi connectivity index (χ1v) is 14.5. The van der Waals surface area contributed by atoms with Gasteiger partial charge in [-0.1, -0.05) is 13.8 Å². The molecule has 1 aliphatic heterocycles. The van der Waals surface area contributed by atoms with E-state index in [-0.39, 0.29) is 29.4 Å². The third-order valence-corrected chi connectivity index (χ3v) is 10.6. The summed E-state index contributed by atoms with van der Waals surface area (Å²) in [6, 6.07) is 1.92. The van der Waals surface area contributed by atoms with E-state index in [1.807, 2.05) is 37.7 Å². The molecule has 41 heavy (non-hydrogen) atoms. The predicted octanol–water partition coefficient (Wildman–Crippen LogP) is 3.51. The van der Waals surface area contributed by atoms with E-state index < -0.39 is 45.4 Å². The molecule has 1 aromatic rings.